The summed E-state index contributed by atoms with van der Waals surface area (Å²) in [5, 5.41) is 3.33. The van der Waals surface area contributed by atoms with Gasteiger partial charge in [-0.2, -0.15) is 0 Å². The third-order valence-corrected chi connectivity index (χ3v) is 4.36. The van der Waals surface area contributed by atoms with E-state index >= 15 is 0 Å². The van der Waals surface area contributed by atoms with Gasteiger partial charge in [0.2, 0.25) is 0 Å². The average Bonchev–Trinajstić information content (AvgIpc) is 2.48. The van der Waals surface area contributed by atoms with Crippen molar-refractivity contribution in [3.05, 3.63) is 29.6 Å². The standard InChI is InChI=1S/C16H25FN2O/c1-12(18-2)13-5-4-8-19(10-13)11-14-6-7-15(20-3)9-16(14)17/h6-7,9,12-13,18H,4-5,8,10-11H2,1-3H3. The molecule has 0 radical (unpaired) electrons. The quantitative estimate of drug-likeness (QED) is 0.897. The van der Waals surface area contributed by atoms with E-state index in [1.54, 1.807) is 7.11 Å². The highest BCUT2D eigenvalue weighted by atomic mass is 19.1. The van der Waals surface area contributed by atoms with Crippen molar-refractivity contribution in [3.63, 3.8) is 0 Å². The SMILES string of the molecule is CNC(C)C1CCCN(Cc2ccc(OC)cc2F)C1. The van der Waals surface area contributed by atoms with Crippen molar-refractivity contribution in [3.8, 4) is 5.75 Å². The van der Waals surface area contributed by atoms with Crippen LogP contribution in [0.25, 0.3) is 0 Å². The van der Waals surface area contributed by atoms with E-state index < -0.39 is 0 Å². The summed E-state index contributed by atoms with van der Waals surface area (Å²) in [6.07, 6.45) is 2.44. The van der Waals surface area contributed by atoms with Gasteiger partial charge in [-0.1, -0.05) is 6.07 Å². The Morgan fingerprint density at radius 3 is 2.95 bits per heavy atom. The van der Waals surface area contributed by atoms with Crippen LogP contribution >= 0.6 is 0 Å². The zero-order valence-corrected chi connectivity index (χ0v) is 12.7. The van der Waals surface area contributed by atoms with E-state index in [0.29, 0.717) is 24.3 Å². The lowest BCUT2D eigenvalue weighted by Gasteiger charge is -2.35. The molecule has 1 aromatic rings. The van der Waals surface area contributed by atoms with Gasteiger partial charge in [0.1, 0.15) is 11.6 Å². The fraction of sp³-hybridized carbons (Fsp3) is 0.625. The number of ether oxygens (including phenoxy) is 1. The van der Waals surface area contributed by atoms with Crippen LogP contribution in [0.5, 0.6) is 5.75 Å². The highest BCUT2D eigenvalue weighted by Crippen LogP contribution is 2.23. The molecule has 1 N–H and O–H groups in total. The molecule has 0 aliphatic carbocycles. The number of hydrogen-bond donors (Lipinski definition) is 1. The van der Waals surface area contributed by atoms with Gasteiger partial charge in [0.25, 0.3) is 0 Å². The summed E-state index contributed by atoms with van der Waals surface area (Å²) in [6.45, 7) is 5.00. The first-order chi connectivity index (χ1) is 9.63. The van der Waals surface area contributed by atoms with Gasteiger partial charge in [0.15, 0.2) is 0 Å². The fourth-order valence-corrected chi connectivity index (χ4v) is 2.90. The maximum Gasteiger partial charge on any atom is 0.131 e. The van der Waals surface area contributed by atoms with Crippen molar-refractivity contribution < 1.29 is 9.13 Å². The Morgan fingerprint density at radius 1 is 1.50 bits per heavy atom. The second-order valence-electron chi connectivity index (χ2n) is 5.67. The molecule has 0 amide bonds. The van der Waals surface area contributed by atoms with Gasteiger partial charge in [-0.05, 0) is 45.3 Å². The largest absolute Gasteiger partial charge is 0.497 e. The molecule has 2 unspecified atom stereocenters. The molecule has 0 saturated carbocycles. The molecular formula is C16H25FN2O. The molecule has 1 aliphatic rings. The number of piperidine rings is 1. The predicted octanol–water partition coefficient (Wildman–Crippen LogP) is 2.65. The van der Waals surface area contributed by atoms with Crippen LogP contribution in [0.1, 0.15) is 25.3 Å². The predicted molar refractivity (Wildman–Crippen MR) is 79.5 cm³/mol. The van der Waals surface area contributed by atoms with E-state index in [0.717, 1.165) is 18.7 Å². The van der Waals surface area contributed by atoms with E-state index in [-0.39, 0.29) is 5.82 Å². The van der Waals surface area contributed by atoms with Crippen molar-refractivity contribution >= 4 is 0 Å². The van der Waals surface area contributed by atoms with Crippen LogP contribution in [-0.4, -0.2) is 38.2 Å². The summed E-state index contributed by atoms with van der Waals surface area (Å²) in [5.41, 5.74) is 0.753. The van der Waals surface area contributed by atoms with Gasteiger partial charge >= 0.3 is 0 Å². The highest BCUT2D eigenvalue weighted by molar-refractivity contribution is 5.28. The highest BCUT2D eigenvalue weighted by Gasteiger charge is 2.24. The summed E-state index contributed by atoms with van der Waals surface area (Å²) in [5.74, 6) is 1.05. The van der Waals surface area contributed by atoms with E-state index in [4.69, 9.17) is 4.74 Å². The molecule has 112 valence electrons. The van der Waals surface area contributed by atoms with E-state index in [1.807, 2.05) is 19.2 Å². The Hall–Kier alpha value is -1.13. The molecule has 2 rings (SSSR count). The van der Waals surface area contributed by atoms with Crippen molar-refractivity contribution in [1.29, 1.82) is 0 Å². The molecule has 2 atom stereocenters. The Bertz CT molecular complexity index is 438. The minimum absolute atomic E-state index is 0.173. The fourth-order valence-electron chi connectivity index (χ4n) is 2.90. The summed E-state index contributed by atoms with van der Waals surface area (Å²) in [6, 6.07) is 5.64. The molecule has 1 aromatic carbocycles. The number of hydrogen-bond acceptors (Lipinski definition) is 3. The molecular weight excluding hydrogens is 255 g/mol. The number of nitrogens with zero attached hydrogens (tertiary/aromatic N) is 1. The van der Waals surface area contributed by atoms with Crippen molar-refractivity contribution in [2.75, 3.05) is 27.2 Å². The lowest BCUT2D eigenvalue weighted by molar-refractivity contribution is 0.145. The van der Waals surface area contributed by atoms with Gasteiger partial charge in [0, 0.05) is 30.8 Å². The molecule has 4 heteroatoms. The molecule has 1 heterocycles. The Balaban J connectivity index is 1.99. The van der Waals surface area contributed by atoms with Crippen molar-refractivity contribution in [1.82, 2.24) is 10.2 Å². The van der Waals surface area contributed by atoms with Crippen LogP contribution in [0.4, 0.5) is 4.39 Å². The summed E-state index contributed by atoms with van der Waals surface area (Å²) in [4.78, 5) is 2.35. The first kappa shape index (κ1) is 15.3. The first-order valence-electron chi connectivity index (χ1n) is 7.36. The molecule has 1 aliphatic heterocycles. The molecule has 20 heavy (non-hydrogen) atoms. The topological polar surface area (TPSA) is 24.5 Å². The van der Waals surface area contributed by atoms with Crippen LogP contribution in [0.2, 0.25) is 0 Å². The molecule has 0 aromatic heterocycles. The van der Waals surface area contributed by atoms with Crippen LogP contribution < -0.4 is 10.1 Å². The van der Waals surface area contributed by atoms with Gasteiger partial charge in [0.05, 0.1) is 7.11 Å². The summed E-state index contributed by atoms with van der Waals surface area (Å²) < 4.78 is 19.0. The van der Waals surface area contributed by atoms with Crippen molar-refractivity contribution in [2.24, 2.45) is 5.92 Å². The number of benzene rings is 1. The van der Waals surface area contributed by atoms with Crippen LogP contribution in [0.3, 0.4) is 0 Å². The number of methoxy groups -OCH3 is 1. The van der Waals surface area contributed by atoms with E-state index in [1.165, 1.54) is 18.9 Å². The Labute approximate surface area is 121 Å². The smallest absolute Gasteiger partial charge is 0.131 e. The first-order valence-corrected chi connectivity index (χ1v) is 7.36. The maximum atomic E-state index is 14.0. The normalized spacial score (nSPS) is 21.7. The molecule has 0 spiro atoms. The third kappa shape index (κ3) is 3.70. The van der Waals surface area contributed by atoms with Gasteiger partial charge in [-0.15, -0.1) is 0 Å². The minimum Gasteiger partial charge on any atom is -0.497 e. The van der Waals surface area contributed by atoms with Crippen LogP contribution in [0.15, 0.2) is 18.2 Å². The van der Waals surface area contributed by atoms with Crippen LogP contribution in [-0.2, 0) is 6.54 Å². The van der Waals surface area contributed by atoms with Gasteiger partial charge in [-0.3, -0.25) is 4.90 Å². The van der Waals surface area contributed by atoms with E-state index in [9.17, 15) is 4.39 Å². The van der Waals surface area contributed by atoms with Crippen molar-refractivity contribution in [2.45, 2.75) is 32.4 Å². The number of halogens is 1. The zero-order valence-electron chi connectivity index (χ0n) is 12.7. The number of rotatable bonds is 5. The summed E-state index contributed by atoms with van der Waals surface area (Å²) >= 11 is 0. The lowest BCUT2D eigenvalue weighted by Crippen LogP contribution is -2.43. The number of likely N-dealkylation sites (tertiary alicyclic amines) is 1. The monoisotopic (exact) mass is 280 g/mol. The molecule has 1 fully saturated rings. The molecule has 1 saturated heterocycles. The van der Waals surface area contributed by atoms with E-state index in [2.05, 4.69) is 17.1 Å². The second kappa shape index (κ2) is 7.04. The average molecular weight is 280 g/mol. The second-order valence-corrected chi connectivity index (χ2v) is 5.67. The zero-order chi connectivity index (χ0) is 14.5. The maximum absolute atomic E-state index is 14.0. The Morgan fingerprint density at radius 2 is 2.30 bits per heavy atom. The molecule has 3 nitrogen and oxygen atoms in total. The Kier molecular flexibility index (Phi) is 5.38. The lowest BCUT2D eigenvalue weighted by atomic mass is 9.91. The minimum atomic E-state index is -0.173. The van der Waals surface area contributed by atoms with Gasteiger partial charge < -0.3 is 10.1 Å². The van der Waals surface area contributed by atoms with Gasteiger partial charge in [-0.25, -0.2) is 4.39 Å². The summed E-state index contributed by atoms with van der Waals surface area (Å²) in [7, 11) is 3.57. The van der Waals surface area contributed by atoms with Crippen LogP contribution in [0, 0.1) is 11.7 Å². The third-order valence-electron chi connectivity index (χ3n) is 4.36. The number of nitrogens with one attached hydrogen (secondary N) is 1. The molecule has 0 bridgehead atoms.